The molecular weight excluding hydrogens is 477 g/mol. The van der Waals surface area contributed by atoms with Gasteiger partial charge in [0.05, 0.1) is 0 Å². The number of nitrogens with one attached hydrogen (secondary N) is 1. The second-order valence-corrected chi connectivity index (χ2v) is 8.90. The van der Waals surface area contributed by atoms with E-state index >= 15 is 0 Å². The second-order valence-electron chi connectivity index (χ2n) is 5.88. The molecule has 29 heavy (non-hydrogen) atoms. The summed E-state index contributed by atoms with van der Waals surface area (Å²) in [6.07, 6.45) is -4.52. The minimum absolute atomic E-state index is 0.313. The maximum absolute atomic E-state index is 12.0. The summed E-state index contributed by atoms with van der Waals surface area (Å²) in [5.41, 5.74) is -1.06. The minimum Gasteiger partial charge on any atom is -0.463 e. The standard InChI is InChI=1S/C15H20Cl3NO9S/c1-6(20)24-4-9-11(26-7(2)21)12(27-8(3)22)10(13(29)28-9)19-14(23)25-5-15(16,17)18/h9-13,29H,4-5H2,1-3H3,(H,19,23)/t9-,10-,11+,12-,13+/m1/s1. The Morgan fingerprint density at radius 3 is 2.00 bits per heavy atom. The highest BCUT2D eigenvalue weighted by atomic mass is 35.6. The van der Waals surface area contributed by atoms with Gasteiger partial charge in [-0.15, -0.1) is 12.6 Å². The van der Waals surface area contributed by atoms with Crippen LogP contribution in [0.5, 0.6) is 0 Å². The molecule has 1 aliphatic heterocycles. The zero-order chi connectivity index (χ0) is 22.4. The topological polar surface area (TPSA) is 126 Å². The lowest BCUT2D eigenvalue weighted by atomic mass is 9.97. The van der Waals surface area contributed by atoms with E-state index in [-0.39, 0.29) is 6.61 Å². The summed E-state index contributed by atoms with van der Waals surface area (Å²) < 4.78 is 23.9. The van der Waals surface area contributed by atoms with E-state index in [1.165, 1.54) is 6.92 Å². The molecule has 1 fully saturated rings. The van der Waals surface area contributed by atoms with Crippen molar-refractivity contribution < 1.29 is 42.9 Å². The van der Waals surface area contributed by atoms with E-state index in [4.69, 9.17) is 58.5 Å². The van der Waals surface area contributed by atoms with Crippen molar-refractivity contribution in [3.63, 3.8) is 0 Å². The molecule has 1 N–H and O–H groups in total. The van der Waals surface area contributed by atoms with E-state index in [2.05, 4.69) is 17.9 Å². The van der Waals surface area contributed by atoms with Gasteiger partial charge in [-0.25, -0.2) is 4.79 Å². The van der Waals surface area contributed by atoms with Gasteiger partial charge in [0.15, 0.2) is 12.2 Å². The lowest BCUT2D eigenvalue weighted by Crippen LogP contribution is -2.65. The van der Waals surface area contributed by atoms with Crippen molar-refractivity contribution in [2.24, 2.45) is 0 Å². The number of esters is 3. The van der Waals surface area contributed by atoms with Crippen LogP contribution < -0.4 is 5.32 Å². The van der Waals surface area contributed by atoms with Gasteiger partial charge in [0, 0.05) is 20.8 Å². The maximum Gasteiger partial charge on any atom is 0.407 e. The monoisotopic (exact) mass is 495 g/mol. The van der Waals surface area contributed by atoms with Crippen LogP contribution in [0.2, 0.25) is 0 Å². The van der Waals surface area contributed by atoms with Crippen molar-refractivity contribution in [1.29, 1.82) is 0 Å². The van der Waals surface area contributed by atoms with Gasteiger partial charge in [0.2, 0.25) is 3.79 Å². The molecule has 166 valence electrons. The fourth-order valence-corrected chi connectivity index (χ4v) is 2.96. The van der Waals surface area contributed by atoms with Crippen molar-refractivity contribution >= 4 is 71.4 Å². The molecule has 0 unspecified atom stereocenters. The highest BCUT2D eigenvalue weighted by Gasteiger charge is 2.50. The quantitative estimate of drug-likeness (QED) is 0.244. The molecule has 0 aromatic carbocycles. The minimum atomic E-state index is -1.84. The van der Waals surface area contributed by atoms with Crippen LogP contribution in [-0.2, 0) is 38.1 Å². The van der Waals surface area contributed by atoms with Crippen molar-refractivity contribution in [3.8, 4) is 0 Å². The number of thiol groups is 1. The predicted octanol–water partition coefficient (Wildman–Crippen LogP) is 1.53. The smallest absolute Gasteiger partial charge is 0.407 e. The van der Waals surface area contributed by atoms with Crippen molar-refractivity contribution in [2.75, 3.05) is 13.2 Å². The van der Waals surface area contributed by atoms with Gasteiger partial charge in [0.25, 0.3) is 0 Å². The fourth-order valence-electron chi connectivity index (χ4n) is 2.40. The number of hydrogen-bond acceptors (Lipinski definition) is 10. The first-order chi connectivity index (χ1) is 13.3. The van der Waals surface area contributed by atoms with Gasteiger partial charge < -0.3 is 29.0 Å². The molecule has 0 aromatic heterocycles. The van der Waals surface area contributed by atoms with Crippen LogP contribution in [0.25, 0.3) is 0 Å². The molecule has 1 amide bonds. The third-order valence-electron chi connectivity index (χ3n) is 3.37. The number of halogens is 3. The van der Waals surface area contributed by atoms with Crippen molar-refractivity contribution in [2.45, 2.75) is 54.4 Å². The largest absolute Gasteiger partial charge is 0.463 e. The van der Waals surface area contributed by atoms with Crippen LogP contribution in [0.15, 0.2) is 0 Å². The average molecular weight is 497 g/mol. The van der Waals surface area contributed by atoms with E-state index in [1.54, 1.807) is 0 Å². The number of hydrogen-bond donors (Lipinski definition) is 2. The average Bonchev–Trinajstić information content (AvgIpc) is 2.55. The number of ether oxygens (including phenoxy) is 5. The maximum atomic E-state index is 12.0. The molecular formula is C15H20Cl3NO9S. The molecule has 14 heteroatoms. The van der Waals surface area contributed by atoms with Crippen LogP contribution in [0, 0.1) is 0 Å². The molecule has 1 heterocycles. The Labute approximate surface area is 187 Å². The summed E-state index contributed by atoms with van der Waals surface area (Å²) in [5, 5.41) is 2.37. The van der Waals surface area contributed by atoms with Gasteiger partial charge in [-0.2, -0.15) is 0 Å². The molecule has 1 aliphatic rings. The predicted molar refractivity (Wildman–Crippen MR) is 104 cm³/mol. The SMILES string of the molecule is CC(=O)OC[C@H]1O[C@@H](S)[C@H](NC(=O)OCC(Cl)(Cl)Cl)[C@@H](OC(C)=O)[C@H]1OC(C)=O. The van der Waals surface area contributed by atoms with E-state index in [1.807, 2.05) is 0 Å². The Morgan fingerprint density at radius 1 is 0.966 bits per heavy atom. The number of rotatable bonds is 6. The lowest BCUT2D eigenvalue weighted by Gasteiger charge is -2.43. The molecule has 1 saturated heterocycles. The van der Waals surface area contributed by atoms with Crippen LogP contribution in [0.4, 0.5) is 4.79 Å². The van der Waals surface area contributed by atoms with Gasteiger partial charge >= 0.3 is 24.0 Å². The third-order valence-corrected chi connectivity index (χ3v) is 4.14. The Balaban J connectivity index is 3.06. The summed E-state index contributed by atoms with van der Waals surface area (Å²) >= 11 is 20.8. The summed E-state index contributed by atoms with van der Waals surface area (Å²) in [4.78, 5) is 46.3. The zero-order valence-electron chi connectivity index (χ0n) is 15.6. The van der Waals surface area contributed by atoms with Crippen molar-refractivity contribution in [3.05, 3.63) is 0 Å². The Hall–Kier alpha value is -1.14. The van der Waals surface area contributed by atoms with Gasteiger partial charge in [-0.3, -0.25) is 14.4 Å². The van der Waals surface area contributed by atoms with Gasteiger partial charge in [-0.05, 0) is 0 Å². The van der Waals surface area contributed by atoms with E-state index in [0.29, 0.717) is 0 Å². The molecule has 0 aromatic rings. The first-order valence-electron chi connectivity index (χ1n) is 8.11. The van der Waals surface area contributed by atoms with Crippen LogP contribution in [-0.4, -0.2) is 70.8 Å². The number of carbonyl (C=O) groups is 4. The van der Waals surface area contributed by atoms with E-state index in [9.17, 15) is 19.2 Å². The van der Waals surface area contributed by atoms with Crippen LogP contribution in [0.3, 0.4) is 0 Å². The highest BCUT2D eigenvalue weighted by Crippen LogP contribution is 2.29. The van der Waals surface area contributed by atoms with Gasteiger partial charge in [0.1, 0.15) is 30.8 Å². The number of amides is 1. The molecule has 0 saturated carbocycles. The molecule has 0 radical (unpaired) electrons. The lowest BCUT2D eigenvalue weighted by molar-refractivity contribution is -0.210. The summed E-state index contributed by atoms with van der Waals surface area (Å²) in [7, 11) is 0. The normalized spacial score (nSPS) is 26.8. The fraction of sp³-hybridized carbons (Fsp3) is 0.733. The molecule has 0 spiro atoms. The Kier molecular flexibility index (Phi) is 10.1. The summed E-state index contributed by atoms with van der Waals surface area (Å²) in [5.74, 6) is -2.06. The number of carbonyl (C=O) groups excluding carboxylic acids is 4. The zero-order valence-corrected chi connectivity index (χ0v) is 18.7. The van der Waals surface area contributed by atoms with Crippen molar-refractivity contribution in [1.82, 2.24) is 5.32 Å². The first-order valence-corrected chi connectivity index (χ1v) is 9.76. The highest BCUT2D eigenvalue weighted by molar-refractivity contribution is 7.80. The summed E-state index contributed by atoms with van der Waals surface area (Å²) in [6, 6.07) is -1.12. The Bertz CT molecular complexity index is 631. The molecule has 0 aliphatic carbocycles. The molecule has 10 nitrogen and oxygen atoms in total. The number of alkyl halides is 3. The van der Waals surface area contributed by atoms with Crippen LogP contribution in [0.1, 0.15) is 20.8 Å². The second kappa shape index (κ2) is 11.3. The third kappa shape index (κ3) is 9.47. The van der Waals surface area contributed by atoms with Crippen LogP contribution >= 0.6 is 47.4 Å². The van der Waals surface area contributed by atoms with E-state index in [0.717, 1.165) is 13.8 Å². The van der Waals surface area contributed by atoms with E-state index < -0.39 is 64.2 Å². The Morgan fingerprint density at radius 2 is 1.52 bits per heavy atom. The number of alkyl carbamates (subject to hydrolysis) is 1. The molecule has 0 bridgehead atoms. The van der Waals surface area contributed by atoms with Gasteiger partial charge in [-0.1, -0.05) is 34.8 Å². The first kappa shape index (κ1) is 25.9. The summed E-state index contributed by atoms with van der Waals surface area (Å²) in [6.45, 7) is 2.54. The molecule has 5 atom stereocenters. The molecule has 1 rings (SSSR count).